The topological polar surface area (TPSA) is 42.5 Å². The average Bonchev–Trinajstić information content (AvgIpc) is 2.77. The molecule has 0 fully saturated rings. The maximum Gasteiger partial charge on any atom is 0.119 e. The number of benzene rings is 2. The summed E-state index contributed by atoms with van der Waals surface area (Å²) in [6.07, 6.45) is 6.70. The Morgan fingerprint density at radius 1 is 0.600 bits per heavy atom. The van der Waals surface area contributed by atoms with Gasteiger partial charge in [-0.2, -0.15) is 0 Å². The Morgan fingerprint density at radius 3 is 1.30 bits per heavy atom. The molecule has 2 rings (SSSR count). The van der Waals surface area contributed by atoms with Gasteiger partial charge in [0.1, 0.15) is 11.5 Å². The molecule has 0 heterocycles. The summed E-state index contributed by atoms with van der Waals surface area (Å²) in [6.45, 7) is 10.3. The number of rotatable bonds is 15. The maximum absolute atomic E-state index is 5.85. The van der Waals surface area contributed by atoms with Crippen LogP contribution in [-0.2, 0) is 0 Å². The van der Waals surface area contributed by atoms with Crippen LogP contribution in [0.3, 0.4) is 0 Å². The molecule has 0 aliphatic rings. The summed E-state index contributed by atoms with van der Waals surface area (Å²) in [7, 11) is 0. The van der Waals surface area contributed by atoms with E-state index in [9.17, 15) is 0 Å². The highest BCUT2D eigenvalue weighted by Crippen LogP contribution is 2.18. The third-order valence-corrected chi connectivity index (χ3v) is 5.34. The second-order valence-electron chi connectivity index (χ2n) is 8.07. The molecule has 0 aliphatic heterocycles. The molecule has 0 saturated carbocycles. The summed E-state index contributed by atoms with van der Waals surface area (Å²) >= 11 is 0. The summed E-state index contributed by atoms with van der Waals surface area (Å²) < 4.78 is 11.7. The molecule has 2 N–H and O–H groups in total. The Labute approximate surface area is 183 Å². The van der Waals surface area contributed by atoms with Gasteiger partial charge < -0.3 is 20.1 Å². The smallest absolute Gasteiger partial charge is 0.119 e. The summed E-state index contributed by atoms with van der Waals surface area (Å²) in [5.41, 5.74) is 2.30. The van der Waals surface area contributed by atoms with E-state index in [1.54, 1.807) is 0 Å². The lowest BCUT2D eigenvalue weighted by Crippen LogP contribution is -2.13. The van der Waals surface area contributed by atoms with Crippen LogP contribution in [0.5, 0.6) is 11.5 Å². The van der Waals surface area contributed by atoms with Crippen molar-refractivity contribution >= 4 is 11.4 Å². The third-order valence-electron chi connectivity index (χ3n) is 5.34. The molecule has 0 spiro atoms. The second kappa shape index (κ2) is 13.8. The molecule has 4 heteroatoms. The van der Waals surface area contributed by atoms with Crippen LogP contribution in [0.4, 0.5) is 11.4 Å². The lowest BCUT2D eigenvalue weighted by atomic mass is 10.2. The average molecular weight is 413 g/mol. The molecule has 0 amide bonds. The predicted molar refractivity (Wildman–Crippen MR) is 129 cm³/mol. The van der Waals surface area contributed by atoms with Crippen LogP contribution in [0.15, 0.2) is 48.5 Å². The van der Waals surface area contributed by atoms with Gasteiger partial charge in [0, 0.05) is 23.5 Å². The molecule has 0 aliphatic carbocycles. The maximum atomic E-state index is 5.85. The zero-order valence-corrected chi connectivity index (χ0v) is 19.2. The van der Waals surface area contributed by atoms with Crippen molar-refractivity contribution in [3.8, 4) is 11.5 Å². The molecule has 0 radical (unpaired) electrons. The number of nitrogens with one attached hydrogen (secondary N) is 2. The van der Waals surface area contributed by atoms with E-state index < -0.39 is 0 Å². The lowest BCUT2D eigenvalue weighted by Gasteiger charge is -2.13. The summed E-state index contributed by atoms with van der Waals surface area (Å²) in [4.78, 5) is 0. The molecule has 4 nitrogen and oxygen atoms in total. The minimum Gasteiger partial charge on any atom is -0.494 e. The van der Waals surface area contributed by atoms with Crippen molar-refractivity contribution in [2.24, 2.45) is 0 Å². The zero-order valence-electron chi connectivity index (χ0n) is 19.2. The van der Waals surface area contributed by atoms with Crippen LogP contribution in [0.2, 0.25) is 0 Å². The Morgan fingerprint density at radius 2 is 0.967 bits per heavy atom. The summed E-state index contributed by atoms with van der Waals surface area (Å²) in [6, 6.07) is 17.5. The van der Waals surface area contributed by atoms with Crippen molar-refractivity contribution in [3.05, 3.63) is 48.5 Å². The molecule has 166 valence electrons. The first-order chi connectivity index (χ1) is 14.6. The fraction of sp³-hybridized carbons (Fsp3) is 0.538. The van der Waals surface area contributed by atoms with Gasteiger partial charge in [-0.05, 0) is 101 Å². The predicted octanol–water partition coefficient (Wildman–Crippen LogP) is 7.13. The van der Waals surface area contributed by atoms with Crippen LogP contribution in [0.1, 0.15) is 66.2 Å². The zero-order chi connectivity index (χ0) is 21.6. The van der Waals surface area contributed by atoms with Crippen LogP contribution < -0.4 is 20.1 Å². The first-order valence-electron chi connectivity index (χ1n) is 11.6. The van der Waals surface area contributed by atoms with E-state index in [1.807, 2.05) is 24.3 Å². The molecule has 0 bridgehead atoms. The summed E-state index contributed by atoms with van der Waals surface area (Å²) in [5.74, 6) is 1.89. The Balaban J connectivity index is 1.51. The molecule has 2 aromatic carbocycles. The van der Waals surface area contributed by atoms with E-state index in [2.05, 4.69) is 62.6 Å². The Hall–Kier alpha value is -2.36. The summed E-state index contributed by atoms with van der Waals surface area (Å²) in [5, 5.41) is 6.94. The van der Waals surface area contributed by atoms with Crippen LogP contribution in [0.25, 0.3) is 0 Å². The molecular weight excluding hydrogens is 372 g/mol. The molecule has 2 unspecified atom stereocenters. The highest BCUT2D eigenvalue weighted by Gasteiger charge is 2.01. The van der Waals surface area contributed by atoms with Crippen LogP contribution in [0, 0.1) is 0 Å². The van der Waals surface area contributed by atoms with Gasteiger partial charge in [0.15, 0.2) is 0 Å². The van der Waals surface area contributed by atoms with Gasteiger partial charge in [-0.1, -0.05) is 13.8 Å². The number of hydrogen-bond donors (Lipinski definition) is 2. The minimum atomic E-state index is 0.492. The quantitative estimate of drug-likeness (QED) is 0.305. The first kappa shape index (κ1) is 23.9. The van der Waals surface area contributed by atoms with Gasteiger partial charge in [-0.3, -0.25) is 0 Å². The van der Waals surface area contributed by atoms with Crippen molar-refractivity contribution in [3.63, 3.8) is 0 Å². The Kier molecular flexibility index (Phi) is 11.0. The third kappa shape index (κ3) is 9.43. The monoisotopic (exact) mass is 412 g/mol. The lowest BCUT2D eigenvalue weighted by molar-refractivity contribution is 0.287. The Bertz CT molecular complexity index is 624. The fourth-order valence-corrected chi connectivity index (χ4v) is 3.01. The molecular formula is C26H40N2O2. The molecule has 2 atom stereocenters. The SMILES string of the molecule is CCC(C)Nc1ccc(OCCCCCCOc2ccc(NC(C)CC)cc2)cc1. The molecule has 30 heavy (non-hydrogen) atoms. The largest absolute Gasteiger partial charge is 0.494 e. The fourth-order valence-electron chi connectivity index (χ4n) is 3.01. The highest BCUT2D eigenvalue weighted by atomic mass is 16.5. The van der Waals surface area contributed by atoms with E-state index in [0.717, 1.165) is 74.6 Å². The number of unbranched alkanes of at least 4 members (excludes halogenated alkanes) is 3. The highest BCUT2D eigenvalue weighted by molar-refractivity contribution is 5.47. The van der Waals surface area contributed by atoms with Gasteiger partial charge in [0.2, 0.25) is 0 Å². The van der Waals surface area contributed by atoms with E-state index >= 15 is 0 Å². The second-order valence-corrected chi connectivity index (χ2v) is 8.07. The first-order valence-corrected chi connectivity index (χ1v) is 11.6. The van der Waals surface area contributed by atoms with Gasteiger partial charge in [-0.25, -0.2) is 0 Å². The van der Waals surface area contributed by atoms with Gasteiger partial charge >= 0.3 is 0 Å². The van der Waals surface area contributed by atoms with Crippen molar-refractivity contribution in [1.29, 1.82) is 0 Å². The minimum absolute atomic E-state index is 0.492. The van der Waals surface area contributed by atoms with Crippen molar-refractivity contribution in [1.82, 2.24) is 0 Å². The van der Waals surface area contributed by atoms with Gasteiger partial charge in [0.05, 0.1) is 13.2 Å². The van der Waals surface area contributed by atoms with Crippen LogP contribution >= 0.6 is 0 Å². The standard InChI is InChI=1S/C26H40N2O2/c1-5-21(3)27-23-11-15-25(16-12-23)29-19-9-7-8-10-20-30-26-17-13-24(14-18-26)28-22(4)6-2/h11-18,21-22,27-28H,5-10,19-20H2,1-4H3. The number of anilines is 2. The molecule has 2 aromatic rings. The molecule has 0 aromatic heterocycles. The van der Waals surface area contributed by atoms with Crippen molar-refractivity contribution < 1.29 is 9.47 Å². The van der Waals surface area contributed by atoms with E-state index in [0.29, 0.717) is 12.1 Å². The van der Waals surface area contributed by atoms with Gasteiger partial charge in [-0.15, -0.1) is 0 Å². The van der Waals surface area contributed by atoms with E-state index in [4.69, 9.17) is 9.47 Å². The van der Waals surface area contributed by atoms with Crippen LogP contribution in [-0.4, -0.2) is 25.3 Å². The number of ether oxygens (including phenoxy) is 2. The normalized spacial score (nSPS) is 12.8. The number of hydrogen-bond acceptors (Lipinski definition) is 4. The van der Waals surface area contributed by atoms with Gasteiger partial charge in [0.25, 0.3) is 0 Å². The van der Waals surface area contributed by atoms with Crippen molar-refractivity contribution in [2.75, 3.05) is 23.8 Å². The van der Waals surface area contributed by atoms with Crippen molar-refractivity contribution in [2.45, 2.75) is 78.3 Å². The van der Waals surface area contributed by atoms with E-state index in [-0.39, 0.29) is 0 Å². The molecule has 0 saturated heterocycles. The van der Waals surface area contributed by atoms with E-state index in [1.165, 1.54) is 0 Å².